The lowest BCUT2D eigenvalue weighted by molar-refractivity contribution is -0.104. The second-order valence-corrected chi connectivity index (χ2v) is 4.46. The van der Waals surface area contributed by atoms with Crippen LogP contribution in [-0.2, 0) is 4.79 Å². The topological polar surface area (TPSA) is 17.1 Å². The highest BCUT2D eigenvalue weighted by Gasteiger charge is 2.03. The molecule has 1 atom stereocenters. The smallest absolute Gasteiger partial charge is 0.145 e. The molecule has 0 spiro atoms. The number of aryl methyl sites for hydroxylation is 1. The van der Waals surface area contributed by atoms with Crippen molar-refractivity contribution in [2.24, 2.45) is 0 Å². The lowest BCUT2D eigenvalue weighted by Crippen LogP contribution is -1.93. The van der Waals surface area contributed by atoms with Crippen molar-refractivity contribution < 1.29 is 4.79 Å². The number of aldehydes is 1. The Morgan fingerprint density at radius 3 is 2.50 bits per heavy atom. The molecule has 1 aromatic carbocycles. The highest BCUT2D eigenvalue weighted by Crippen LogP contribution is 2.21. The molecule has 0 aliphatic heterocycles. The molecule has 86 valence electrons. The monoisotopic (exact) mass is 216 g/mol. The maximum absolute atomic E-state index is 10.4. The fraction of sp³-hybridized carbons (Fsp3) is 0.400. The van der Waals surface area contributed by atoms with Crippen molar-refractivity contribution in [2.45, 2.75) is 39.5 Å². The molecule has 16 heavy (non-hydrogen) atoms. The summed E-state index contributed by atoms with van der Waals surface area (Å²) in [4.78, 5) is 10.4. The van der Waals surface area contributed by atoms with Gasteiger partial charge in [0.05, 0.1) is 0 Å². The van der Waals surface area contributed by atoms with Crippen LogP contribution in [0.3, 0.4) is 0 Å². The molecule has 1 aromatic rings. The Morgan fingerprint density at radius 1 is 1.31 bits per heavy atom. The first kappa shape index (κ1) is 12.7. The Balaban J connectivity index is 2.49. The molecular formula is C15H20O. The van der Waals surface area contributed by atoms with Crippen LogP contribution in [0.5, 0.6) is 0 Å². The van der Waals surface area contributed by atoms with Crippen LogP contribution in [0.2, 0.25) is 0 Å². The van der Waals surface area contributed by atoms with Gasteiger partial charge in [-0.05, 0) is 43.7 Å². The van der Waals surface area contributed by atoms with E-state index in [0.29, 0.717) is 5.92 Å². The second kappa shape index (κ2) is 6.26. The van der Waals surface area contributed by atoms with Gasteiger partial charge in [0.1, 0.15) is 6.29 Å². The maximum Gasteiger partial charge on any atom is 0.145 e. The molecule has 0 unspecified atom stereocenters. The normalized spacial score (nSPS) is 13.6. The molecule has 0 aromatic heterocycles. The van der Waals surface area contributed by atoms with E-state index in [-0.39, 0.29) is 0 Å². The summed E-state index contributed by atoms with van der Waals surface area (Å²) in [6, 6.07) is 8.68. The predicted molar refractivity (Wildman–Crippen MR) is 68.6 cm³/mol. The summed E-state index contributed by atoms with van der Waals surface area (Å²) < 4.78 is 0. The average molecular weight is 216 g/mol. The summed E-state index contributed by atoms with van der Waals surface area (Å²) in [5.74, 6) is 0.552. The van der Waals surface area contributed by atoms with Gasteiger partial charge in [-0.25, -0.2) is 0 Å². The quantitative estimate of drug-likeness (QED) is 0.536. The zero-order valence-corrected chi connectivity index (χ0v) is 10.4. The van der Waals surface area contributed by atoms with Gasteiger partial charge in [0.25, 0.3) is 0 Å². The molecule has 0 radical (unpaired) electrons. The third-order valence-corrected chi connectivity index (χ3v) is 2.90. The molecule has 0 bridgehead atoms. The largest absolute Gasteiger partial charge is 0.298 e. The zero-order valence-electron chi connectivity index (χ0n) is 10.4. The van der Waals surface area contributed by atoms with Crippen molar-refractivity contribution in [2.75, 3.05) is 0 Å². The van der Waals surface area contributed by atoms with Crippen LogP contribution >= 0.6 is 0 Å². The van der Waals surface area contributed by atoms with E-state index in [4.69, 9.17) is 0 Å². The Labute approximate surface area is 98.2 Å². The van der Waals surface area contributed by atoms with Crippen LogP contribution in [0.25, 0.3) is 0 Å². The first-order valence-electron chi connectivity index (χ1n) is 5.82. The fourth-order valence-corrected chi connectivity index (χ4v) is 1.67. The highest BCUT2D eigenvalue weighted by molar-refractivity contribution is 5.71. The van der Waals surface area contributed by atoms with Gasteiger partial charge in [-0.1, -0.05) is 42.8 Å². The van der Waals surface area contributed by atoms with Gasteiger partial charge in [-0.15, -0.1) is 0 Å². The Morgan fingerprint density at radius 2 is 1.94 bits per heavy atom. The number of benzene rings is 1. The third-order valence-electron chi connectivity index (χ3n) is 2.90. The van der Waals surface area contributed by atoms with Crippen molar-refractivity contribution in [1.82, 2.24) is 0 Å². The van der Waals surface area contributed by atoms with Crippen LogP contribution in [0.4, 0.5) is 0 Å². The van der Waals surface area contributed by atoms with E-state index in [1.54, 1.807) is 0 Å². The number of carbonyl (C=O) groups is 1. The molecule has 0 aliphatic carbocycles. The molecule has 0 fully saturated rings. The van der Waals surface area contributed by atoms with E-state index in [0.717, 1.165) is 24.7 Å². The molecule has 1 heteroatoms. The van der Waals surface area contributed by atoms with Crippen LogP contribution in [-0.4, -0.2) is 6.29 Å². The number of carbonyl (C=O) groups excluding carboxylic acids is 1. The SMILES string of the molecule is CC(C=O)=CCC[C@H](C)c1ccc(C)cc1. The summed E-state index contributed by atoms with van der Waals surface area (Å²) in [7, 11) is 0. The standard InChI is InChI=1S/C15H20O/c1-12-7-9-15(10-8-12)14(3)6-4-5-13(2)11-16/h5,7-11,14H,4,6H2,1-3H3/t14-/m0/s1. The first-order chi connectivity index (χ1) is 7.63. The van der Waals surface area contributed by atoms with E-state index in [1.807, 2.05) is 13.0 Å². The molecule has 0 heterocycles. The predicted octanol–water partition coefficient (Wildman–Crippen LogP) is 4.02. The van der Waals surface area contributed by atoms with E-state index in [2.05, 4.69) is 38.1 Å². The summed E-state index contributed by atoms with van der Waals surface area (Å²) in [5, 5.41) is 0. The van der Waals surface area contributed by atoms with Crippen molar-refractivity contribution in [3.63, 3.8) is 0 Å². The summed E-state index contributed by atoms with van der Waals surface area (Å²) in [5.41, 5.74) is 3.51. The summed E-state index contributed by atoms with van der Waals surface area (Å²) in [6.45, 7) is 6.18. The molecule has 1 nitrogen and oxygen atoms in total. The Hall–Kier alpha value is -1.37. The second-order valence-electron chi connectivity index (χ2n) is 4.46. The molecule has 0 saturated carbocycles. The van der Waals surface area contributed by atoms with Gasteiger partial charge in [0.15, 0.2) is 0 Å². The number of allylic oxidation sites excluding steroid dienone is 2. The van der Waals surface area contributed by atoms with Crippen molar-refractivity contribution in [3.05, 3.63) is 47.0 Å². The minimum atomic E-state index is 0.552. The number of rotatable bonds is 5. The van der Waals surface area contributed by atoms with E-state index < -0.39 is 0 Å². The Kier molecular flexibility index (Phi) is 4.97. The van der Waals surface area contributed by atoms with Gasteiger partial charge in [0.2, 0.25) is 0 Å². The number of hydrogen-bond acceptors (Lipinski definition) is 1. The van der Waals surface area contributed by atoms with Crippen molar-refractivity contribution in [3.8, 4) is 0 Å². The molecular weight excluding hydrogens is 196 g/mol. The fourth-order valence-electron chi connectivity index (χ4n) is 1.67. The summed E-state index contributed by atoms with van der Waals surface area (Å²) in [6.07, 6.45) is 4.99. The van der Waals surface area contributed by atoms with Crippen LogP contribution in [0, 0.1) is 6.92 Å². The van der Waals surface area contributed by atoms with Crippen molar-refractivity contribution >= 4 is 6.29 Å². The van der Waals surface area contributed by atoms with E-state index in [9.17, 15) is 4.79 Å². The molecule has 0 amide bonds. The van der Waals surface area contributed by atoms with E-state index in [1.165, 1.54) is 11.1 Å². The molecule has 0 aliphatic rings. The van der Waals surface area contributed by atoms with Crippen LogP contribution in [0.15, 0.2) is 35.9 Å². The van der Waals surface area contributed by atoms with Gasteiger partial charge in [-0.3, -0.25) is 4.79 Å². The average Bonchev–Trinajstić information content (AvgIpc) is 2.29. The van der Waals surface area contributed by atoms with E-state index >= 15 is 0 Å². The van der Waals surface area contributed by atoms with Crippen LogP contribution < -0.4 is 0 Å². The third kappa shape index (κ3) is 4.01. The van der Waals surface area contributed by atoms with Crippen molar-refractivity contribution in [1.29, 1.82) is 0 Å². The highest BCUT2D eigenvalue weighted by atomic mass is 16.1. The van der Waals surface area contributed by atoms with Gasteiger partial charge in [-0.2, -0.15) is 0 Å². The maximum atomic E-state index is 10.4. The molecule has 0 N–H and O–H groups in total. The summed E-state index contributed by atoms with van der Waals surface area (Å²) >= 11 is 0. The zero-order chi connectivity index (χ0) is 12.0. The Bertz CT molecular complexity index is 360. The minimum absolute atomic E-state index is 0.552. The van der Waals surface area contributed by atoms with Gasteiger partial charge >= 0.3 is 0 Å². The molecule has 0 saturated heterocycles. The minimum Gasteiger partial charge on any atom is -0.298 e. The van der Waals surface area contributed by atoms with Gasteiger partial charge < -0.3 is 0 Å². The first-order valence-corrected chi connectivity index (χ1v) is 5.82. The van der Waals surface area contributed by atoms with Crippen LogP contribution in [0.1, 0.15) is 43.7 Å². The number of hydrogen-bond donors (Lipinski definition) is 0. The van der Waals surface area contributed by atoms with Gasteiger partial charge in [0, 0.05) is 0 Å². The lowest BCUT2D eigenvalue weighted by atomic mass is 9.95. The molecule has 1 rings (SSSR count). The lowest BCUT2D eigenvalue weighted by Gasteiger charge is -2.10.